The van der Waals surface area contributed by atoms with Crippen molar-refractivity contribution in [3.05, 3.63) is 101 Å². The van der Waals surface area contributed by atoms with E-state index in [0.717, 1.165) is 17.7 Å². The molecular formula is C35H33F3N6O5. The number of nitrogens with zero attached hydrogens (tertiary/aromatic N) is 3. The number of piperidine rings is 1. The van der Waals surface area contributed by atoms with Gasteiger partial charge in [0.25, 0.3) is 11.8 Å². The summed E-state index contributed by atoms with van der Waals surface area (Å²) in [5.74, 6) is -0.797. The van der Waals surface area contributed by atoms with Gasteiger partial charge in [-0.25, -0.2) is 4.98 Å². The highest BCUT2D eigenvalue weighted by atomic mass is 19.4. The minimum absolute atomic E-state index is 0.185. The first-order valence-corrected chi connectivity index (χ1v) is 15.7. The number of alkyl halides is 3. The first-order chi connectivity index (χ1) is 23.5. The average Bonchev–Trinajstić information content (AvgIpc) is 3.65. The Kier molecular flexibility index (Phi) is 9.38. The summed E-state index contributed by atoms with van der Waals surface area (Å²) in [7, 11) is 1.82. The number of hydrogen-bond acceptors (Lipinski definition) is 7. The minimum Gasteiger partial charge on any atom is -0.494 e. The molecule has 1 aromatic heterocycles. The molecule has 0 saturated carbocycles. The van der Waals surface area contributed by atoms with Crippen molar-refractivity contribution in [1.29, 1.82) is 0 Å². The van der Waals surface area contributed by atoms with Gasteiger partial charge in [0.15, 0.2) is 0 Å². The van der Waals surface area contributed by atoms with Crippen molar-refractivity contribution in [2.24, 2.45) is 7.05 Å². The predicted octanol–water partition coefficient (Wildman–Crippen LogP) is 4.68. The maximum Gasteiger partial charge on any atom is 0.416 e. The second-order valence-corrected chi connectivity index (χ2v) is 11.9. The van der Waals surface area contributed by atoms with Crippen molar-refractivity contribution in [2.75, 3.05) is 18.5 Å². The quantitative estimate of drug-likeness (QED) is 0.155. The van der Waals surface area contributed by atoms with Crippen LogP contribution in [-0.2, 0) is 35.9 Å². The number of nitrogens with one attached hydrogen (secondary N) is 3. The molecule has 0 unspecified atom stereocenters. The number of aromatic nitrogens is 2. The van der Waals surface area contributed by atoms with Gasteiger partial charge in [0.05, 0.1) is 24.2 Å². The van der Waals surface area contributed by atoms with Gasteiger partial charge in [-0.3, -0.25) is 24.5 Å². The highest BCUT2D eigenvalue weighted by Gasteiger charge is 2.39. The predicted molar refractivity (Wildman–Crippen MR) is 172 cm³/mol. The molecule has 0 spiro atoms. The number of imide groups is 1. The Hall–Kier alpha value is -5.66. The lowest BCUT2D eigenvalue weighted by Gasteiger charge is -2.29. The van der Waals surface area contributed by atoms with E-state index in [0.29, 0.717) is 59.0 Å². The zero-order valence-corrected chi connectivity index (χ0v) is 26.5. The standard InChI is InChI=1S/C35H33F3N6O5/c1-43-19-29(41-20-43)27-16-22(5-10-28(27)40-17-21-3-6-24(7-4-21)35(36,37)38)32(46)39-13-2-14-49-25-8-9-26-23(15-25)18-44(34(26)48)30-11-12-31(45)42-33(30)47/h3-10,15-16,19-20,30,40H,2,11-14,17-18H2,1H3,(H,39,46)(H,42,45,47)/t30-/m0/s1. The van der Waals surface area contributed by atoms with Gasteiger partial charge in [-0.15, -0.1) is 0 Å². The number of carbonyl (C=O) groups excluding carboxylic acids is 4. The van der Waals surface area contributed by atoms with Crippen LogP contribution in [0.25, 0.3) is 11.3 Å². The number of amides is 4. The maximum absolute atomic E-state index is 13.1. The number of halogens is 3. The number of fused-ring (bicyclic) bond motifs is 1. The normalized spacial score (nSPS) is 16.0. The molecule has 0 aliphatic carbocycles. The van der Waals surface area contributed by atoms with Gasteiger partial charge >= 0.3 is 6.18 Å². The van der Waals surface area contributed by atoms with E-state index in [1.165, 1.54) is 17.0 Å². The van der Waals surface area contributed by atoms with E-state index in [2.05, 4.69) is 20.9 Å². The Morgan fingerprint density at radius 1 is 1.04 bits per heavy atom. The molecule has 1 fully saturated rings. The molecular weight excluding hydrogens is 641 g/mol. The molecule has 1 atom stereocenters. The van der Waals surface area contributed by atoms with Crippen LogP contribution in [0.15, 0.2) is 73.2 Å². The molecule has 3 heterocycles. The number of aryl methyl sites for hydroxylation is 1. The Bertz CT molecular complexity index is 1910. The van der Waals surface area contributed by atoms with Crippen LogP contribution in [0.2, 0.25) is 0 Å². The van der Waals surface area contributed by atoms with Gasteiger partial charge in [0.2, 0.25) is 11.8 Å². The highest BCUT2D eigenvalue weighted by Crippen LogP contribution is 2.32. The van der Waals surface area contributed by atoms with Gasteiger partial charge in [-0.05, 0) is 72.5 Å². The lowest BCUT2D eigenvalue weighted by atomic mass is 10.0. The summed E-state index contributed by atoms with van der Waals surface area (Å²) < 4.78 is 46.5. The van der Waals surface area contributed by atoms with E-state index in [1.807, 2.05) is 7.05 Å². The number of hydrogen-bond donors (Lipinski definition) is 3. The Morgan fingerprint density at radius 3 is 2.55 bits per heavy atom. The van der Waals surface area contributed by atoms with Gasteiger partial charge in [-0.1, -0.05) is 12.1 Å². The third-order valence-corrected chi connectivity index (χ3v) is 8.40. The molecule has 11 nitrogen and oxygen atoms in total. The molecule has 49 heavy (non-hydrogen) atoms. The summed E-state index contributed by atoms with van der Waals surface area (Å²) in [4.78, 5) is 55.6. The van der Waals surface area contributed by atoms with Crippen LogP contribution in [-0.4, -0.2) is 57.3 Å². The SMILES string of the molecule is Cn1cnc(-c2cc(C(=O)NCCCOc3ccc4c(c3)CN([C@H]3CCC(=O)NC3=O)C4=O)ccc2NCc2ccc(C(F)(F)F)cc2)c1. The van der Waals surface area contributed by atoms with Crippen molar-refractivity contribution in [2.45, 2.75) is 44.6 Å². The summed E-state index contributed by atoms with van der Waals surface area (Å²) in [5.41, 5.74) is 3.54. The fraction of sp³-hybridized carbons (Fsp3) is 0.286. The molecule has 4 aromatic rings. The Labute approximate surface area is 279 Å². The third-order valence-electron chi connectivity index (χ3n) is 8.40. The molecule has 254 valence electrons. The van der Waals surface area contributed by atoms with E-state index in [9.17, 15) is 32.3 Å². The van der Waals surface area contributed by atoms with Gasteiger partial charge in [-0.2, -0.15) is 13.2 Å². The maximum atomic E-state index is 13.1. The summed E-state index contributed by atoms with van der Waals surface area (Å²) in [6.45, 7) is 1.15. The van der Waals surface area contributed by atoms with Gasteiger partial charge in [0.1, 0.15) is 11.8 Å². The summed E-state index contributed by atoms with van der Waals surface area (Å²) in [5, 5.41) is 8.43. The zero-order chi connectivity index (χ0) is 34.7. The largest absolute Gasteiger partial charge is 0.494 e. The van der Waals surface area contributed by atoms with Crippen molar-refractivity contribution < 1.29 is 37.1 Å². The molecule has 0 bridgehead atoms. The molecule has 0 radical (unpaired) electrons. The highest BCUT2D eigenvalue weighted by molar-refractivity contribution is 6.05. The van der Waals surface area contributed by atoms with E-state index >= 15 is 0 Å². The lowest BCUT2D eigenvalue weighted by Crippen LogP contribution is -2.52. The smallest absolute Gasteiger partial charge is 0.416 e. The van der Waals surface area contributed by atoms with Crippen LogP contribution < -0.4 is 20.7 Å². The van der Waals surface area contributed by atoms with Crippen LogP contribution in [0.4, 0.5) is 18.9 Å². The molecule has 2 aliphatic rings. The van der Waals surface area contributed by atoms with Crippen LogP contribution in [0.1, 0.15) is 56.7 Å². The van der Waals surface area contributed by atoms with Crippen molar-refractivity contribution in [3.63, 3.8) is 0 Å². The monoisotopic (exact) mass is 674 g/mol. The van der Waals surface area contributed by atoms with Crippen LogP contribution >= 0.6 is 0 Å². The lowest BCUT2D eigenvalue weighted by molar-refractivity contribution is -0.138. The Balaban J connectivity index is 1.02. The van der Waals surface area contributed by atoms with Crippen molar-refractivity contribution in [3.8, 4) is 17.0 Å². The number of carbonyl (C=O) groups is 4. The van der Waals surface area contributed by atoms with Crippen molar-refractivity contribution >= 4 is 29.3 Å². The van der Waals surface area contributed by atoms with Crippen LogP contribution in [0, 0.1) is 0 Å². The number of anilines is 1. The summed E-state index contributed by atoms with van der Waals surface area (Å²) in [6, 6.07) is 14.5. The summed E-state index contributed by atoms with van der Waals surface area (Å²) in [6.07, 6.45) is 0.0102. The van der Waals surface area contributed by atoms with Gasteiger partial charge in [0, 0.05) is 61.7 Å². The fourth-order valence-corrected chi connectivity index (χ4v) is 5.82. The van der Waals surface area contributed by atoms with Crippen LogP contribution in [0.5, 0.6) is 5.75 Å². The molecule has 2 aliphatic heterocycles. The molecule has 4 amide bonds. The van der Waals surface area contributed by atoms with Gasteiger partial charge < -0.3 is 24.8 Å². The first kappa shape index (κ1) is 33.2. The number of benzene rings is 3. The second-order valence-electron chi connectivity index (χ2n) is 11.9. The number of imidazole rings is 1. The Morgan fingerprint density at radius 2 is 1.84 bits per heavy atom. The molecule has 3 N–H and O–H groups in total. The van der Waals surface area contributed by atoms with Crippen LogP contribution in [0.3, 0.4) is 0 Å². The molecule has 3 aromatic carbocycles. The van der Waals surface area contributed by atoms with E-state index in [1.54, 1.807) is 53.5 Å². The fourth-order valence-electron chi connectivity index (χ4n) is 5.82. The second kappa shape index (κ2) is 13.8. The summed E-state index contributed by atoms with van der Waals surface area (Å²) >= 11 is 0. The topological polar surface area (TPSA) is 135 Å². The molecule has 14 heteroatoms. The number of ether oxygens (including phenoxy) is 1. The first-order valence-electron chi connectivity index (χ1n) is 15.7. The van der Waals surface area contributed by atoms with Crippen molar-refractivity contribution in [1.82, 2.24) is 25.1 Å². The zero-order valence-electron chi connectivity index (χ0n) is 26.5. The third kappa shape index (κ3) is 7.58. The van der Waals surface area contributed by atoms with E-state index in [-0.39, 0.29) is 43.7 Å². The van der Waals surface area contributed by atoms with E-state index in [4.69, 9.17) is 4.74 Å². The molecule has 6 rings (SSSR count). The van der Waals surface area contributed by atoms with E-state index < -0.39 is 23.7 Å². The minimum atomic E-state index is -4.41. The number of rotatable bonds is 11. The molecule has 1 saturated heterocycles. The average molecular weight is 675 g/mol.